The number of fused-ring (bicyclic) bond motifs is 2. The lowest BCUT2D eigenvalue weighted by Gasteiger charge is -2.19. The average molecular weight is 217 g/mol. The molecule has 0 fully saturated rings. The Morgan fingerprint density at radius 3 is 2.56 bits per heavy atom. The fourth-order valence-corrected chi connectivity index (χ4v) is 1.96. The molecule has 1 aliphatic rings. The number of pyridine rings is 1. The molecular weight excluding hydrogens is 206 g/mol. The summed E-state index contributed by atoms with van der Waals surface area (Å²) in [7, 11) is 0. The van der Waals surface area contributed by atoms with Gasteiger partial charge in [0.25, 0.3) is 0 Å². The molecule has 1 N–H and O–H groups in total. The number of hydrogen-bond acceptors (Lipinski definition) is 3. The van der Waals surface area contributed by atoms with Crippen molar-refractivity contribution in [2.75, 3.05) is 13.2 Å². The van der Waals surface area contributed by atoms with E-state index in [1.54, 1.807) is 6.07 Å². The van der Waals surface area contributed by atoms with Gasteiger partial charge in [0.15, 0.2) is 11.5 Å². The first kappa shape index (κ1) is 9.27. The zero-order valence-electron chi connectivity index (χ0n) is 8.87. The van der Waals surface area contributed by atoms with Crippen LogP contribution < -0.4 is 15.0 Å². The average Bonchev–Trinajstić information content (AvgIpc) is 2.27. The first-order valence-corrected chi connectivity index (χ1v) is 5.17. The van der Waals surface area contributed by atoms with Crippen LogP contribution in [0.5, 0.6) is 11.5 Å². The molecule has 3 rings (SSSR count). The van der Waals surface area contributed by atoms with E-state index in [1.165, 1.54) is 0 Å². The quantitative estimate of drug-likeness (QED) is 0.729. The van der Waals surface area contributed by atoms with Gasteiger partial charge in [-0.05, 0) is 18.6 Å². The van der Waals surface area contributed by atoms with Crippen LogP contribution in [0.3, 0.4) is 0 Å². The molecule has 0 radical (unpaired) electrons. The van der Waals surface area contributed by atoms with Gasteiger partial charge < -0.3 is 14.5 Å². The van der Waals surface area contributed by atoms with Crippen LogP contribution in [0.1, 0.15) is 5.56 Å². The first-order valence-electron chi connectivity index (χ1n) is 5.17. The lowest BCUT2D eigenvalue weighted by atomic mass is 10.1. The zero-order chi connectivity index (χ0) is 11.1. The van der Waals surface area contributed by atoms with Crippen molar-refractivity contribution < 1.29 is 9.47 Å². The van der Waals surface area contributed by atoms with E-state index in [4.69, 9.17) is 9.47 Å². The maximum atomic E-state index is 11.3. The lowest BCUT2D eigenvalue weighted by Crippen LogP contribution is -2.15. The number of aryl methyl sites for hydroxylation is 1. The summed E-state index contributed by atoms with van der Waals surface area (Å²) in [6.07, 6.45) is 0. The summed E-state index contributed by atoms with van der Waals surface area (Å²) in [5.41, 5.74) is 1.63. The summed E-state index contributed by atoms with van der Waals surface area (Å²) in [6, 6.07) is 5.31. The summed E-state index contributed by atoms with van der Waals surface area (Å²) in [5, 5.41) is 0.990. The van der Waals surface area contributed by atoms with Gasteiger partial charge >= 0.3 is 0 Å². The molecule has 1 aromatic carbocycles. The minimum absolute atomic E-state index is 0.0957. The van der Waals surface area contributed by atoms with Crippen molar-refractivity contribution in [2.45, 2.75) is 6.92 Å². The Hall–Kier alpha value is -1.97. The minimum Gasteiger partial charge on any atom is -0.486 e. The molecule has 0 amide bonds. The molecule has 82 valence electrons. The summed E-state index contributed by atoms with van der Waals surface area (Å²) in [4.78, 5) is 14.1. The van der Waals surface area contributed by atoms with E-state index in [1.807, 2.05) is 19.1 Å². The SMILES string of the molecule is Cc1cc(=O)[nH]c2cc3c(cc12)OCCO3. The number of rotatable bonds is 0. The maximum Gasteiger partial charge on any atom is 0.248 e. The topological polar surface area (TPSA) is 51.3 Å². The van der Waals surface area contributed by atoms with E-state index in [2.05, 4.69) is 4.98 Å². The predicted octanol–water partition coefficient (Wildman–Crippen LogP) is 1.61. The Labute approximate surface area is 91.8 Å². The first-order chi connectivity index (χ1) is 7.74. The number of aromatic amines is 1. The summed E-state index contributed by atoms with van der Waals surface area (Å²) in [5.74, 6) is 1.44. The molecule has 4 heteroatoms. The highest BCUT2D eigenvalue weighted by Gasteiger charge is 2.13. The number of hydrogen-bond donors (Lipinski definition) is 1. The van der Waals surface area contributed by atoms with Gasteiger partial charge in [0.1, 0.15) is 13.2 Å². The number of aromatic nitrogens is 1. The van der Waals surface area contributed by atoms with E-state index in [-0.39, 0.29) is 5.56 Å². The minimum atomic E-state index is -0.0957. The summed E-state index contributed by atoms with van der Waals surface area (Å²) < 4.78 is 11.0. The Bertz CT molecular complexity index is 615. The highest BCUT2D eigenvalue weighted by molar-refractivity contribution is 5.85. The molecule has 2 heterocycles. The Kier molecular flexibility index (Phi) is 1.89. The van der Waals surface area contributed by atoms with Gasteiger partial charge in [0.2, 0.25) is 5.56 Å². The molecule has 0 bridgehead atoms. The Balaban J connectivity index is 2.35. The van der Waals surface area contributed by atoms with Gasteiger partial charge in [-0.1, -0.05) is 0 Å². The largest absolute Gasteiger partial charge is 0.486 e. The summed E-state index contributed by atoms with van der Waals surface area (Å²) in [6.45, 7) is 3.03. The Morgan fingerprint density at radius 2 is 1.81 bits per heavy atom. The van der Waals surface area contributed by atoms with Crippen LogP contribution in [0.15, 0.2) is 23.0 Å². The van der Waals surface area contributed by atoms with E-state index in [0.717, 1.165) is 22.2 Å². The highest BCUT2D eigenvalue weighted by atomic mass is 16.6. The van der Waals surface area contributed by atoms with Crippen LogP contribution in [0.25, 0.3) is 10.9 Å². The van der Waals surface area contributed by atoms with E-state index in [0.29, 0.717) is 19.0 Å². The zero-order valence-corrected chi connectivity index (χ0v) is 8.87. The monoisotopic (exact) mass is 217 g/mol. The van der Waals surface area contributed by atoms with Crippen LogP contribution in [0.4, 0.5) is 0 Å². The van der Waals surface area contributed by atoms with Crippen molar-refractivity contribution in [3.05, 3.63) is 34.1 Å². The van der Waals surface area contributed by atoms with Crippen LogP contribution >= 0.6 is 0 Å². The third-order valence-electron chi connectivity index (χ3n) is 2.71. The van der Waals surface area contributed by atoms with Gasteiger partial charge in [-0.2, -0.15) is 0 Å². The molecule has 1 aliphatic heterocycles. The molecule has 16 heavy (non-hydrogen) atoms. The normalized spacial score (nSPS) is 14.1. The van der Waals surface area contributed by atoms with Crippen molar-refractivity contribution >= 4 is 10.9 Å². The van der Waals surface area contributed by atoms with E-state index in [9.17, 15) is 4.79 Å². The van der Waals surface area contributed by atoms with Gasteiger partial charge in [-0.15, -0.1) is 0 Å². The molecule has 0 unspecified atom stereocenters. The smallest absolute Gasteiger partial charge is 0.248 e. The second-order valence-corrected chi connectivity index (χ2v) is 3.86. The van der Waals surface area contributed by atoms with Gasteiger partial charge in [0, 0.05) is 17.5 Å². The maximum absolute atomic E-state index is 11.3. The van der Waals surface area contributed by atoms with Crippen LogP contribution in [-0.4, -0.2) is 18.2 Å². The predicted molar refractivity (Wildman–Crippen MR) is 60.3 cm³/mol. The Morgan fingerprint density at radius 1 is 1.12 bits per heavy atom. The third kappa shape index (κ3) is 1.34. The molecule has 0 spiro atoms. The van der Waals surface area contributed by atoms with Crippen molar-refractivity contribution in [3.63, 3.8) is 0 Å². The van der Waals surface area contributed by atoms with Crippen LogP contribution in [0, 0.1) is 6.92 Å². The molecule has 4 nitrogen and oxygen atoms in total. The number of nitrogens with one attached hydrogen (secondary N) is 1. The van der Waals surface area contributed by atoms with Crippen molar-refractivity contribution in [3.8, 4) is 11.5 Å². The van der Waals surface area contributed by atoms with Crippen molar-refractivity contribution in [2.24, 2.45) is 0 Å². The van der Waals surface area contributed by atoms with E-state index >= 15 is 0 Å². The molecule has 0 atom stereocenters. The van der Waals surface area contributed by atoms with Gasteiger partial charge in [-0.3, -0.25) is 4.79 Å². The fraction of sp³-hybridized carbons (Fsp3) is 0.250. The summed E-state index contributed by atoms with van der Waals surface area (Å²) >= 11 is 0. The molecule has 2 aromatic rings. The molecule has 1 aromatic heterocycles. The third-order valence-corrected chi connectivity index (χ3v) is 2.71. The van der Waals surface area contributed by atoms with Crippen LogP contribution in [-0.2, 0) is 0 Å². The molecule has 0 saturated heterocycles. The number of benzene rings is 1. The second kappa shape index (κ2) is 3.27. The molecule has 0 aliphatic carbocycles. The molecular formula is C12H11NO3. The van der Waals surface area contributed by atoms with E-state index < -0.39 is 0 Å². The second-order valence-electron chi connectivity index (χ2n) is 3.86. The van der Waals surface area contributed by atoms with Crippen molar-refractivity contribution in [1.82, 2.24) is 4.98 Å². The lowest BCUT2D eigenvalue weighted by molar-refractivity contribution is 0.172. The highest BCUT2D eigenvalue weighted by Crippen LogP contribution is 2.34. The fourth-order valence-electron chi connectivity index (χ4n) is 1.96. The number of ether oxygens (including phenoxy) is 2. The van der Waals surface area contributed by atoms with Crippen molar-refractivity contribution in [1.29, 1.82) is 0 Å². The van der Waals surface area contributed by atoms with Crippen LogP contribution in [0.2, 0.25) is 0 Å². The number of H-pyrrole nitrogens is 1. The van der Waals surface area contributed by atoms with Gasteiger partial charge in [-0.25, -0.2) is 0 Å². The van der Waals surface area contributed by atoms with Gasteiger partial charge in [0.05, 0.1) is 5.52 Å². The molecule has 0 saturated carbocycles. The standard InChI is InChI=1S/C12H11NO3/c1-7-4-12(14)13-9-6-11-10(5-8(7)9)15-2-3-16-11/h4-6H,2-3H2,1H3,(H,13,14).